The third-order valence-electron chi connectivity index (χ3n) is 5.37. The highest BCUT2D eigenvalue weighted by Crippen LogP contribution is 2.38. The van der Waals surface area contributed by atoms with E-state index in [4.69, 9.17) is 0 Å². The third-order valence-corrected chi connectivity index (χ3v) is 6.10. The van der Waals surface area contributed by atoms with Crippen molar-refractivity contribution >= 4 is 17.2 Å². The maximum Gasteiger partial charge on any atom is 0.226 e. The first-order valence-electron chi connectivity index (χ1n) is 8.34. The maximum absolute atomic E-state index is 12.8. The number of nitrogens with one attached hydrogen (secondary N) is 1. The molecule has 4 rings (SSSR count). The van der Waals surface area contributed by atoms with Crippen molar-refractivity contribution in [2.45, 2.75) is 32.4 Å². The van der Waals surface area contributed by atoms with Crippen molar-refractivity contribution in [1.29, 1.82) is 0 Å². The molecule has 23 heavy (non-hydrogen) atoms. The number of carbonyl (C=O) groups is 1. The molecule has 0 bridgehead atoms. The van der Waals surface area contributed by atoms with Crippen LogP contribution in [0.1, 0.15) is 29.5 Å². The van der Waals surface area contributed by atoms with Crippen molar-refractivity contribution in [3.8, 4) is 0 Å². The standard InChI is InChI=1S/C19H22N2OS/c22-18-19(11-16-3-1-2-4-17(16)12-20-18)6-8-21(9-7-19)13-15-5-10-23-14-15/h1-5,10,14H,6-9,11-13H2,(H,20,22). The molecule has 0 saturated carbocycles. The van der Waals surface area contributed by atoms with Gasteiger partial charge in [-0.3, -0.25) is 9.69 Å². The minimum absolute atomic E-state index is 0.211. The minimum atomic E-state index is -0.211. The van der Waals surface area contributed by atoms with Gasteiger partial charge >= 0.3 is 0 Å². The van der Waals surface area contributed by atoms with Crippen LogP contribution in [0.15, 0.2) is 41.1 Å². The molecule has 1 spiro atoms. The lowest BCUT2D eigenvalue weighted by molar-refractivity contribution is -0.133. The van der Waals surface area contributed by atoms with Crippen molar-refractivity contribution in [3.63, 3.8) is 0 Å². The normalized spacial score (nSPS) is 20.8. The number of amides is 1. The molecule has 0 unspecified atom stereocenters. The van der Waals surface area contributed by atoms with E-state index < -0.39 is 0 Å². The van der Waals surface area contributed by atoms with Crippen molar-refractivity contribution in [3.05, 3.63) is 57.8 Å². The third kappa shape index (κ3) is 2.93. The maximum atomic E-state index is 12.8. The number of nitrogens with zero attached hydrogens (tertiary/aromatic N) is 1. The van der Waals surface area contributed by atoms with Gasteiger partial charge in [-0.15, -0.1) is 0 Å². The molecule has 120 valence electrons. The Morgan fingerprint density at radius 3 is 2.65 bits per heavy atom. The Hall–Kier alpha value is -1.65. The molecule has 2 aromatic rings. The van der Waals surface area contributed by atoms with E-state index >= 15 is 0 Å². The van der Waals surface area contributed by atoms with E-state index in [1.165, 1.54) is 16.7 Å². The van der Waals surface area contributed by atoms with Gasteiger partial charge < -0.3 is 5.32 Å². The second kappa shape index (κ2) is 6.10. The van der Waals surface area contributed by atoms with Crippen molar-refractivity contribution < 1.29 is 4.79 Å². The van der Waals surface area contributed by atoms with Gasteiger partial charge in [0.15, 0.2) is 0 Å². The number of carbonyl (C=O) groups excluding carboxylic acids is 1. The van der Waals surface area contributed by atoms with Crippen LogP contribution >= 0.6 is 11.3 Å². The molecule has 0 radical (unpaired) electrons. The highest BCUT2D eigenvalue weighted by atomic mass is 32.1. The van der Waals surface area contributed by atoms with Gasteiger partial charge in [-0.25, -0.2) is 0 Å². The molecule has 1 saturated heterocycles. The smallest absolute Gasteiger partial charge is 0.226 e. The number of benzene rings is 1. The van der Waals surface area contributed by atoms with Gasteiger partial charge in [0.05, 0.1) is 5.41 Å². The van der Waals surface area contributed by atoms with Crippen LogP contribution in [0.4, 0.5) is 0 Å². The van der Waals surface area contributed by atoms with Crippen LogP contribution in [0.25, 0.3) is 0 Å². The summed E-state index contributed by atoms with van der Waals surface area (Å²) in [4.78, 5) is 15.2. The Morgan fingerprint density at radius 2 is 1.91 bits per heavy atom. The molecule has 3 nitrogen and oxygen atoms in total. The Bertz CT molecular complexity index is 687. The van der Waals surface area contributed by atoms with Crippen LogP contribution in [0, 0.1) is 5.41 Å². The van der Waals surface area contributed by atoms with Crippen LogP contribution in [0.3, 0.4) is 0 Å². The van der Waals surface area contributed by atoms with E-state index in [1.54, 1.807) is 11.3 Å². The predicted molar refractivity (Wildman–Crippen MR) is 93.3 cm³/mol. The monoisotopic (exact) mass is 326 g/mol. The van der Waals surface area contributed by atoms with Crippen molar-refractivity contribution in [2.75, 3.05) is 13.1 Å². The second-order valence-electron chi connectivity index (χ2n) is 6.82. The number of likely N-dealkylation sites (tertiary alicyclic amines) is 1. The second-order valence-corrected chi connectivity index (χ2v) is 7.60. The summed E-state index contributed by atoms with van der Waals surface area (Å²) in [6.45, 7) is 3.70. The predicted octanol–water partition coefficient (Wildman–Crippen LogP) is 3.20. The summed E-state index contributed by atoms with van der Waals surface area (Å²) >= 11 is 1.75. The van der Waals surface area contributed by atoms with Crippen LogP contribution in [-0.4, -0.2) is 23.9 Å². The van der Waals surface area contributed by atoms with E-state index in [9.17, 15) is 4.79 Å². The number of rotatable bonds is 2. The molecule has 3 heterocycles. The highest BCUT2D eigenvalue weighted by Gasteiger charge is 2.42. The quantitative estimate of drug-likeness (QED) is 0.919. The molecule has 1 aromatic carbocycles. The zero-order valence-corrected chi connectivity index (χ0v) is 14.1. The molecule has 1 amide bonds. The number of thiophene rings is 1. The van der Waals surface area contributed by atoms with E-state index in [-0.39, 0.29) is 11.3 Å². The lowest BCUT2D eigenvalue weighted by atomic mass is 9.73. The molecular formula is C19H22N2OS. The largest absolute Gasteiger partial charge is 0.352 e. The molecule has 0 aliphatic carbocycles. The first-order chi connectivity index (χ1) is 11.3. The molecule has 1 fully saturated rings. The number of piperidine rings is 1. The molecule has 2 aliphatic rings. The number of hydrogen-bond acceptors (Lipinski definition) is 3. The average molecular weight is 326 g/mol. The van der Waals surface area contributed by atoms with Gasteiger partial charge in [-0.2, -0.15) is 11.3 Å². The fraction of sp³-hybridized carbons (Fsp3) is 0.421. The van der Waals surface area contributed by atoms with Crippen LogP contribution in [0.2, 0.25) is 0 Å². The summed E-state index contributed by atoms with van der Waals surface area (Å²) in [6, 6.07) is 10.7. The van der Waals surface area contributed by atoms with Crippen molar-refractivity contribution in [2.24, 2.45) is 5.41 Å². The SMILES string of the molecule is O=C1NCc2ccccc2CC12CCN(Cc1ccsc1)CC2. The molecule has 4 heteroatoms. The lowest BCUT2D eigenvalue weighted by Gasteiger charge is -2.40. The highest BCUT2D eigenvalue weighted by molar-refractivity contribution is 7.07. The fourth-order valence-electron chi connectivity index (χ4n) is 3.89. The Balaban J connectivity index is 1.49. The van der Waals surface area contributed by atoms with Crippen LogP contribution < -0.4 is 5.32 Å². The zero-order chi connectivity index (χ0) is 15.7. The topological polar surface area (TPSA) is 32.3 Å². The first kappa shape index (κ1) is 14.9. The van der Waals surface area contributed by atoms with E-state index in [0.717, 1.165) is 38.9 Å². The van der Waals surface area contributed by atoms with E-state index in [0.29, 0.717) is 6.54 Å². The minimum Gasteiger partial charge on any atom is -0.352 e. The number of fused-ring (bicyclic) bond motifs is 1. The van der Waals surface area contributed by atoms with Gasteiger partial charge in [0.25, 0.3) is 0 Å². The molecule has 0 atom stereocenters. The van der Waals surface area contributed by atoms with Gasteiger partial charge in [0.2, 0.25) is 5.91 Å². The molecule has 1 aromatic heterocycles. The zero-order valence-electron chi connectivity index (χ0n) is 13.3. The Morgan fingerprint density at radius 1 is 1.13 bits per heavy atom. The molecule has 1 N–H and O–H groups in total. The summed E-state index contributed by atoms with van der Waals surface area (Å²) in [5, 5.41) is 7.52. The van der Waals surface area contributed by atoms with Crippen LogP contribution in [-0.2, 0) is 24.3 Å². The molecule has 2 aliphatic heterocycles. The van der Waals surface area contributed by atoms with Gasteiger partial charge in [0, 0.05) is 13.1 Å². The summed E-state index contributed by atoms with van der Waals surface area (Å²) in [7, 11) is 0. The van der Waals surface area contributed by atoms with E-state index in [2.05, 4.69) is 51.3 Å². The summed E-state index contributed by atoms with van der Waals surface area (Å²) in [5.41, 5.74) is 3.80. The Labute approximate surface area is 141 Å². The van der Waals surface area contributed by atoms with Gasteiger partial charge in [0.1, 0.15) is 0 Å². The van der Waals surface area contributed by atoms with Crippen molar-refractivity contribution in [1.82, 2.24) is 10.2 Å². The summed E-state index contributed by atoms with van der Waals surface area (Å²) in [6.07, 6.45) is 2.80. The van der Waals surface area contributed by atoms with E-state index in [1.807, 2.05) is 0 Å². The summed E-state index contributed by atoms with van der Waals surface area (Å²) in [5.74, 6) is 0.254. The van der Waals surface area contributed by atoms with Gasteiger partial charge in [-0.1, -0.05) is 24.3 Å². The van der Waals surface area contributed by atoms with Gasteiger partial charge in [-0.05, 0) is 65.9 Å². The average Bonchev–Trinajstić information content (AvgIpc) is 3.04. The van der Waals surface area contributed by atoms with Crippen LogP contribution in [0.5, 0.6) is 0 Å². The Kier molecular flexibility index (Phi) is 3.95. The lowest BCUT2D eigenvalue weighted by Crippen LogP contribution is -2.48. The fourth-order valence-corrected chi connectivity index (χ4v) is 4.55. The molecular weight excluding hydrogens is 304 g/mol. The first-order valence-corrected chi connectivity index (χ1v) is 9.28. The summed E-state index contributed by atoms with van der Waals surface area (Å²) < 4.78 is 0. The number of hydrogen-bond donors (Lipinski definition) is 1.